The number of anilines is 1. The maximum absolute atomic E-state index is 15.3. The molecule has 1 aliphatic heterocycles. The number of carbonyl (C=O) groups excluding carboxylic acids is 2. The predicted octanol–water partition coefficient (Wildman–Crippen LogP) is 3.40. The van der Waals surface area contributed by atoms with Gasteiger partial charge in [-0.15, -0.1) is 0 Å². The summed E-state index contributed by atoms with van der Waals surface area (Å²) in [5.41, 5.74) is -0.868. The smallest absolute Gasteiger partial charge is 0.407 e. The third-order valence-electron chi connectivity index (χ3n) is 6.85. The van der Waals surface area contributed by atoms with Gasteiger partial charge in [0, 0.05) is 37.3 Å². The summed E-state index contributed by atoms with van der Waals surface area (Å²) in [6.45, 7) is 8.42. The van der Waals surface area contributed by atoms with E-state index in [0.717, 1.165) is 19.3 Å². The standard InChI is InChI=1S/C25H31FN4O5/c1-5-34-23(32)17-12-30(13-6-7-13)21-15(20(17)31)10-18(26)22(28-21)29-9-8-14-16(11-29)19(14)27-24(33)35-25(2,3)4/h10,12-14,16,19H,5-9,11H2,1-4H3,(H,27,33)/t14-,16+,19+/m1/s1. The molecule has 0 radical (unpaired) electrons. The quantitative estimate of drug-likeness (QED) is 0.646. The van der Waals surface area contributed by atoms with E-state index in [-0.39, 0.29) is 41.4 Å². The number of piperidine rings is 1. The summed E-state index contributed by atoms with van der Waals surface area (Å²) >= 11 is 0. The topological polar surface area (TPSA) is 103 Å². The zero-order valence-corrected chi connectivity index (χ0v) is 20.5. The molecule has 3 aliphatic rings. The molecule has 3 fully saturated rings. The van der Waals surface area contributed by atoms with Crippen LogP contribution in [0.15, 0.2) is 17.1 Å². The highest BCUT2D eigenvalue weighted by Crippen LogP contribution is 2.46. The maximum atomic E-state index is 15.3. The Morgan fingerprint density at radius 3 is 2.63 bits per heavy atom. The van der Waals surface area contributed by atoms with Gasteiger partial charge in [-0.05, 0) is 58.9 Å². The summed E-state index contributed by atoms with van der Waals surface area (Å²) in [5, 5.41) is 3.02. The minimum atomic E-state index is -0.711. The van der Waals surface area contributed by atoms with E-state index in [1.165, 1.54) is 12.3 Å². The summed E-state index contributed by atoms with van der Waals surface area (Å²) in [6.07, 6.45) is 3.66. The van der Waals surface area contributed by atoms with Crippen LogP contribution in [0, 0.1) is 17.7 Å². The van der Waals surface area contributed by atoms with Crippen molar-refractivity contribution in [3.8, 4) is 0 Å². The van der Waals surface area contributed by atoms with Crippen LogP contribution in [0.3, 0.4) is 0 Å². The second-order valence-electron chi connectivity index (χ2n) is 10.6. The SMILES string of the molecule is CCOC(=O)c1cn(C2CC2)c2nc(N3CC[C@@H]4[C@H](C3)[C@H]4NC(=O)OC(C)(C)C)c(F)cc2c1=O. The fourth-order valence-corrected chi connectivity index (χ4v) is 5.03. The highest BCUT2D eigenvalue weighted by Gasteiger charge is 2.54. The van der Waals surface area contributed by atoms with Crippen LogP contribution < -0.4 is 15.6 Å². The Morgan fingerprint density at radius 1 is 1.23 bits per heavy atom. The van der Waals surface area contributed by atoms with E-state index in [1.54, 1.807) is 6.92 Å². The van der Waals surface area contributed by atoms with Gasteiger partial charge in [0.1, 0.15) is 16.8 Å². The summed E-state index contributed by atoms with van der Waals surface area (Å²) in [6, 6.07) is 1.31. The number of rotatable bonds is 5. The first kappa shape index (κ1) is 23.6. The number of fused-ring (bicyclic) bond motifs is 2. The number of esters is 1. The molecule has 0 unspecified atom stereocenters. The molecular formula is C25H31FN4O5. The molecule has 0 bridgehead atoms. The molecule has 10 heteroatoms. The summed E-state index contributed by atoms with van der Waals surface area (Å²) in [5.74, 6) is -0.605. The molecule has 1 N–H and O–H groups in total. The molecule has 0 spiro atoms. The molecule has 188 valence electrons. The van der Waals surface area contributed by atoms with Gasteiger partial charge in [0.05, 0.1) is 12.0 Å². The average Bonchev–Trinajstić information content (AvgIpc) is 3.70. The highest BCUT2D eigenvalue weighted by molar-refractivity contribution is 5.93. The van der Waals surface area contributed by atoms with Crippen molar-refractivity contribution in [2.24, 2.45) is 11.8 Å². The van der Waals surface area contributed by atoms with Crippen LogP contribution in [0.5, 0.6) is 0 Å². The van der Waals surface area contributed by atoms with Gasteiger partial charge in [0.15, 0.2) is 11.6 Å². The number of carbonyl (C=O) groups is 2. The summed E-state index contributed by atoms with van der Waals surface area (Å²) in [4.78, 5) is 44.0. The molecule has 5 rings (SSSR count). The zero-order valence-electron chi connectivity index (χ0n) is 20.5. The highest BCUT2D eigenvalue weighted by atomic mass is 19.1. The predicted molar refractivity (Wildman–Crippen MR) is 127 cm³/mol. The Labute approximate surface area is 202 Å². The number of alkyl carbamates (subject to hydrolysis) is 1. The Bertz CT molecular complexity index is 1250. The number of hydrogen-bond donors (Lipinski definition) is 1. The molecule has 2 saturated carbocycles. The van der Waals surface area contributed by atoms with Crippen LogP contribution in [0.4, 0.5) is 15.0 Å². The number of halogens is 1. The normalized spacial score (nSPS) is 23.6. The number of amides is 1. The van der Waals surface area contributed by atoms with Crippen LogP contribution in [0.2, 0.25) is 0 Å². The van der Waals surface area contributed by atoms with Crippen molar-refractivity contribution in [3.05, 3.63) is 33.9 Å². The van der Waals surface area contributed by atoms with E-state index in [9.17, 15) is 14.4 Å². The molecule has 2 aromatic heterocycles. The lowest BCUT2D eigenvalue weighted by molar-refractivity contribution is 0.0511. The maximum Gasteiger partial charge on any atom is 0.407 e. The van der Waals surface area contributed by atoms with Gasteiger partial charge in [0.25, 0.3) is 0 Å². The first-order valence-corrected chi connectivity index (χ1v) is 12.2. The van der Waals surface area contributed by atoms with Gasteiger partial charge < -0.3 is 24.3 Å². The molecule has 3 heterocycles. The van der Waals surface area contributed by atoms with E-state index in [2.05, 4.69) is 10.3 Å². The first-order chi connectivity index (χ1) is 16.6. The van der Waals surface area contributed by atoms with Crippen LogP contribution in [0.1, 0.15) is 63.4 Å². The number of aromatic nitrogens is 2. The Hall–Kier alpha value is -3.17. The second kappa shape index (κ2) is 8.49. The van der Waals surface area contributed by atoms with Crippen molar-refractivity contribution in [1.29, 1.82) is 0 Å². The lowest BCUT2D eigenvalue weighted by Crippen LogP contribution is -2.35. The number of nitrogens with one attached hydrogen (secondary N) is 1. The molecule has 35 heavy (non-hydrogen) atoms. The summed E-state index contributed by atoms with van der Waals surface area (Å²) < 4.78 is 27.5. The van der Waals surface area contributed by atoms with Crippen molar-refractivity contribution < 1.29 is 23.5 Å². The van der Waals surface area contributed by atoms with Crippen LogP contribution >= 0.6 is 0 Å². The Morgan fingerprint density at radius 2 is 1.97 bits per heavy atom. The van der Waals surface area contributed by atoms with Crippen LogP contribution in [-0.2, 0) is 9.47 Å². The number of pyridine rings is 2. The third-order valence-corrected chi connectivity index (χ3v) is 6.85. The molecule has 3 atom stereocenters. The van der Waals surface area contributed by atoms with Gasteiger partial charge in [-0.2, -0.15) is 0 Å². The van der Waals surface area contributed by atoms with Gasteiger partial charge >= 0.3 is 12.1 Å². The largest absolute Gasteiger partial charge is 0.462 e. The number of ether oxygens (including phenoxy) is 2. The van der Waals surface area contributed by atoms with E-state index >= 15 is 4.39 Å². The molecule has 2 aliphatic carbocycles. The Kier molecular flexibility index (Phi) is 5.72. The lowest BCUT2D eigenvalue weighted by atomic mass is 10.1. The minimum absolute atomic E-state index is 0.00449. The van der Waals surface area contributed by atoms with Crippen molar-refractivity contribution in [2.45, 2.75) is 64.6 Å². The second-order valence-corrected chi connectivity index (χ2v) is 10.6. The Balaban J connectivity index is 1.41. The van der Waals surface area contributed by atoms with Crippen molar-refractivity contribution in [2.75, 3.05) is 24.6 Å². The molecule has 9 nitrogen and oxygen atoms in total. The summed E-state index contributed by atoms with van der Waals surface area (Å²) in [7, 11) is 0. The minimum Gasteiger partial charge on any atom is -0.462 e. The third kappa shape index (κ3) is 4.58. The van der Waals surface area contributed by atoms with Crippen molar-refractivity contribution in [1.82, 2.24) is 14.9 Å². The van der Waals surface area contributed by atoms with E-state index in [0.29, 0.717) is 24.7 Å². The molecule has 1 amide bonds. The molecular weight excluding hydrogens is 455 g/mol. The van der Waals surface area contributed by atoms with E-state index in [1.807, 2.05) is 30.2 Å². The van der Waals surface area contributed by atoms with Crippen LogP contribution in [-0.4, -0.2) is 53.0 Å². The van der Waals surface area contributed by atoms with E-state index < -0.39 is 28.9 Å². The van der Waals surface area contributed by atoms with Gasteiger partial charge in [0.2, 0.25) is 5.43 Å². The average molecular weight is 487 g/mol. The van der Waals surface area contributed by atoms with Gasteiger partial charge in [-0.25, -0.2) is 19.0 Å². The van der Waals surface area contributed by atoms with Gasteiger partial charge in [-0.3, -0.25) is 4.79 Å². The lowest BCUT2D eigenvalue weighted by Gasteiger charge is -2.28. The fourth-order valence-electron chi connectivity index (χ4n) is 5.03. The van der Waals surface area contributed by atoms with Gasteiger partial charge in [-0.1, -0.05) is 0 Å². The molecule has 2 aromatic rings. The molecule has 1 saturated heterocycles. The van der Waals surface area contributed by atoms with E-state index in [4.69, 9.17) is 9.47 Å². The fraction of sp³-hybridized carbons (Fsp3) is 0.600. The van der Waals surface area contributed by atoms with Crippen LogP contribution in [0.25, 0.3) is 11.0 Å². The van der Waals surface area contributed by atoms with Crippen molar-refractivity contribution >= 4 is 28.9 Å². The first-order valence-electron chi connectivity index (χ1n) is 12.2. The monoisotopic (exact) mass is 486 g/mol. The number of nitrogens with zero attached hydrogens (tertiary/aromatic N) is 3. The molecule has 0 aromatic carbocycles. The van der Waals surface area contributed by atoms with Crippen molar-refractivity contribution in [3.63, 3.8) is 0 Å². The number of hydrogen-bond acceptors (Lipinski definition) is 7. The zero-order chi connectivity index (χ0) is 25.1.